The molecule has 5 heteroatoms. The van der Waals surface area contributed by atoms with Crippen molar-refractivity contribution in [2.75, 3.05) is 5.75 Å². The molecule has 3 N–H and O–H groups in total. The van der Waals surface area contributed by atoms with Crippen LogP contribution in [0.2, 0.25) is 0 Å². The normalized spacial score (nSPS) is 15.4. The topological polar surface area (TPSA) is 80.4 Å². The van der Waals surface area contributed by atoms with E-state index in [1.54, 1.807) is 0 Å². The summed E-state index contributed by atoms with van der Waals surface area (Å²) in [5.41, 5.74) is 0. The Morgan fingerprint density at radius 3 is 2.18 bits per heavy atom. The zero-order valence-corrected chi connectivity index (χ0v) is 7.63. The molecular formula is C6H15NO3S. The third-order valence-electron chi connectivity index (χ3n) is 1.17. The minimum atomic E-state index is -3.52. The molecule has 68 valence electrons. The van der Waals surface area contributed by atoms with Gasteiger partial charge in [-0.2, -0.15) is 0 Å². The maximum Gasteiger partial charge on any atom is 0.211 e. The molecule has 0 fully saturated rings. The van der Waals surface area contributed by atoms with Crippen molar-refractivity contribution in [3.63, 3.8) is 0 Å². The number of sulfonamides is 1. The lowest BCUT2D eigenvalue weighted by Crippen LogP contribution is -2.27. The third kappa shape index (κ3) is 7.77. The second-order valence-electron chi connectivity index (χ2n) is 3.11. The number of hydrogen-bond acceptors (Lipinski definition) is 3. The first kappa shape index (κ1) is 10.9. The van der Waals surface area contributed by atoms with Crippen molar-refractivity contribution in [2.45, 2.75) is 26.4 Å². The van der Waals surface area contributed by atoms with Crippen LogP contribution in [-0.2, 0) is 10.0 Å². The molecule has 0 radical (unpaired) electrons. The summed E-state index contributed by atoms with van der Waals surface area (Å²) in [6, 6.07) is 0. The van der Waals surface area contributed by atoms with Gasteiger partial charge in [-0.3, -0.25) is 0 Å². The number of aliphatic hydroxyl groups excluding tert-OH is 1. The van der Waals surface area contributed by atoms with Gasteiger partial charge in [0.15, 0.2) is 0 Å². The Balaban J connectivity index is 3.80. The second kappa shape index (κ2) is 4.04. The molecule has 0 aliphatic carbocycles. The van der Waals surface area contributed by atoms with Crippen LogP contribution in [-0.4, -0.2) is 25.4 Å². The monoisotopic (exact) mass is 181 g/mol. The summed E-state index contributed by atoms with van der Waals surface area (Å²) >= 11 is 0. The number of nitrogens with two attached hydrogens (primary N) is 1. The summed E-state index contributed by atoms with van der Waals surface area (Å²) in [4.78, 5) is 0. The van der Waals surface area contributed by atoms with Crippen LogP contribution in [0.3, 0.4) is 0 Å². The molecule has 0 amide bonds. The highest BCUT2D eigenvalue weighted by atomic mass is 32.2. The Morgan fingerprint density at radius 1 is 1.45 bits per heavy atom. The lowest BCUT2D eigenvalue weighted by Gasteiger charge is -2.10. The Hall–Kier alpha value is -0.130. The fourth-order valence-electron chi connectivity index (χ4n) is 0.880. The predicted molar refractivity (Wildman–Crippen MR) is 43.4 cm³/mol. The van der Waals surface area contributed by atoms with E-state index in [4.69, 9.17) is 10.2 Å². The van der Waals surface area contributed by atoms with Crippen LogP contribution in [0.4, 0.5) is 0 Å². The highest BCUT2D eigenvalue weighted by molar-refractivity contribution is 7.89. The minimum Gasteiger partial charge on any atom is -0.392 e. The van der Waals surface area contributed by atoms with Crippen LogP contribution >= 0.6 is 0 Å². The Bertz CT molecular complexity index is 198. The first-order valence-electron chi connectivity index (χ1n) is 3.50. The van der Waals surface area contributed by atoms with Gasteiger partial charge in [-0.05, 0) is 12.3 Å². The Kier molecular flexibility index (Phi) is 3.99. The average Bonchev–Trinajstić information content (AvgIpc) is 1.53. The van der Waals surface area contributed by atoms with E-state index in [1.807, 2.05) is 13.8 Å². The number of hydrogen-bond donors (Lipinski definition) is 2. The number of primary sulfonamides is 1. The van der Waals surface area contributed by atoms with Gasteiger partial charge in [0.05, 0.1) is 11.9 Å². The van der Waals surface area contributed by atoms with Crippen LogP contribution in [0.5, 0.6) is 0 Å². The highest BCUT2D eigenvalue weighted by Crippen LogP contribution is 2.05. The van der Waals surface area contributed by atoms with Crippen molar-refractivity contribution >= 4 is 10.0 Å². The SMILES string of the molecule is CC(C)CC(O)CS(N)(=O)=O. The fourth-order valence-corrected chi connectivity index (χ4v) is 1.55. The van der Waals surface area contributed by atoms with E-state index in [0.29, 0.717) is 6.42 Å². The molecular weight excluding hydrogens is 166 g/mol. The maximum absolute atomic E-state index is 10.4. The summed E-state index contributed by atoms with van der Waals surface area (Å²) in [7, 11) is -3.52. The van der Waals surface area contributed by atoms with Crippen LogP contribution in [0.1, 0.15) is 20.3 Å². The minimum absolute atomic E-state index is 0.284. The second-order valence-corrected chi connectivity index (χ2v) is 4.77. The van der Waals surface area contributed by atoms with E-state index in [0.717, 1.165) is 0 Å². The van der Waals surface area contributed by atoms with Gasteiger partial charge in [0.2, 0.25) is 10.0 Å². The van der Waals surface area contributed by atoms with Gasteiger partial charge in [0.1, 0.15) is 0 Å². The zero-order valence-electron chi connectivity index (χ0n) is 6.82. The summed E-state index contributed by atoms with van der Waals surface area (Å²) in [5, 5.41) is 13.8. The Labute approximate surface area is 67.5 Å². The van der Waals surface area contributed by atoms with Crippen LogP contribution in [0, 0.1) is 5.92 Å². The van der Waals surface area contributed by atoms with Crippen LogP contribution in [0.25, 0.3) is 0 Å². The first-order chi connectivity index (χ1) is 4.81. The molecule has 0 spiro atoms. The van der Waals surface area contributed by atoms with E-state index in [2.05, 4.69) is 0 Å². The third-order valence-corrected chi connectivity index (χ3v) is 2.02. The molecule has 4 nitrogen and oxygen atoms in total. The highest BCUT2D eigenvalue weighted by Gasteiger charge is 2.13. The summed E-state index contributed by atoms with van der Waals surface area (Å²) in [5.74, 6) is -0.0581. The lowest BCUT2D eigenvalue weighted by molar-refractivity contribution is 0.170. The van der Waals surface area contributed by atoms with Gasteiger partial charge in [-0.1, -0.05) is 13.8 Å². The summed E-state index contributed by atoms with van der Waals surface area (Å²) < 4.78 is 20.9. The summed E-state index contributed by atoms with van der Waals surface area (Å²) in [6.07, 6.45) is -0.360. The van der Waals surface area contributed by atoms with Gasteiger partial charge < -0.3 is 5.11 Å². The molecule has 0 aromatic carbocycles. The quantitative estimate of drug-likeness (QED) is 0.624. The van der Waals surface area contributed by atoms with Crippen molar-refractivity contribution in [1.82, 2.24) is 0 Å². The van der Waals surface area contributed by atoms with Crippen molar-refractivity contribution < 1.29 is 13.5 Å². The van der Waals surface area contributed by atoms with E-state index in [1.165, 1.54) is 0 Å². The predicted octanol–water partition coefficient (Wildman–Crippen LogP) is -0.318. The molecule has 1 unspecified atom stereocenters. The molecule has 0 aromatic rings. The standard InChI is InChI=1S/C6H15NO3S/c1-5(2)3-6(8)4-11(7,9)10/h5-6,8H,3-4H2,1-2H3,(H2,7,9,10). The lowest BCUT2D eigenvalue weighted by atomic mass is 10.1. The first-order valence-corrected chi connectivity index (χ1v) is 5.21. The van der Waals surface area contributed by atoms with Crippen molar-refractivity contribution in [3.05, 3.63) is 0 Å². The molecule has 0 aliphatic heterocycles. The Morgan fingerprint density at radius 2 is 1.91 bits per heavy atom. The van der Waals surface area contributed by atoms with E-state index >= 15 is 0 Å². The molecule has 0 aliphatic rings. The molecule has 11 heavy (non-hydrogen) atoms. The van der Waals surface area contributed by atoms with Crippen LogP contribution < -0.4 is 5.14 Å². The molecule has 0 bridgehead atoms. The van der Waals surface area contributed by atoms with Crippen LogP contribution in [0.15, 0.2) is 0 Å². The largest absolute Gasteiger partial charge is 0.392 e. The van der Waals surface area contributed by atoms with Crippen molar-refractivity contribution in [2.24, 2.45) is 11.1 Å². The van der Waals surface area contributed by atoms with Gasteiger partial charge in [0, 0.05) is 0 Å². The number of rotatable bonds is 4. The van der Waals surface area contributed by atoms with Gasteiger partial charge >= 0.3 is 0 Å². The fraction of sp³-hybridized carbons (Fsp3) is 1.00. The van der Waals surface area contributed by atoms with E-state index in [-0.39, 0.29) is 11.7 Å². The van der Waals surface area contributed by atoms with Gasteiger partial charge in [-0.25, -0.2) is 13.6 Å². The van der Waals surface area contributed by atoms with Gasteiger partial charge in [-0.15, -0.1) is 0 Å². The number of aliphatic hydroxyl groups is 1. The smallest absolute Gasteiger partial charge is 0.211 e. The maximum atomic E-state index is 10.4. The zero-order chi connectivity index (χ0) is 9.07. The van der Waals surface area contributed by atoms with Crippen molar-refractivity contribution in [1.29, 1.82) is 0 Å². The van der Waals surface area contributed by atoms with E-state index in [9.17, 15) is 8.42 Å². The molecule has 1 atom stereocenters. The molecule has 0 aromatic heterocycles. The van der Waals surface area contributed by atoms with Gasteiger partial charge in [0.25, 0.3) is 0 Å². The molecule has 0 heterocycles. The molecule has 0 saturated carbocycles. The molecule has 0 rings (SSSR count). The average molecular weight is 181 g/mol. The summed E-state index contributed by atoms with van der Waals surface area (Å²) in [6.45, 7) is 3.82. The van der Waals surface area contributed by atoms with E-state index < -0.39 is 16.1 Å². The van der Waals surface area contributed by atoms with Crippen molar-refractivity contribution in [3.8, 4) is 0 Å². The molecule has 0 saturated heterocycles.